The summed E-state index contributed by atoms with van der Waals surface area (Å²) in [5, 5.41) is 20.1. The van der Waals surface area contributed by atoms with Crippen molar-refractivity contribution in [1.82, 2.24) is 9.80 Å². The van der Waals surface area contributed by atoms with E-state index in [0.29, 0.717) is 6.04 Å². The standard InChI is InChI=1S/C15H30N2O2/c1-16(2)9-13-8-15(19)11-17(13)10-14(18)7-12-5-3-4-6-12/h12-15,18-19H,3-11H2,1-2H3. The van der Waals surface area contributed by atoms with Gasteiger partial charge in [0.2, 0.25) is 0 Å². The van der Waals surface area contributed by atoms with Gasteiger partial charge in [0.15, 0.2) is 0 Å². The minimum atomic E-state index is -0.224. The van der Waals surface area contributed by atoms with Crippen LogP contribution in [0.15, 0.2) is 0 Å². The van der Waals surface area contributed by atoms with Gasteiger partial charge in [0, 0.05) is 25.7 Å². The molecule has 2 fully saturated rings. The van der Waals surface area contributed by atoms with E-state index >= 15 is 0 Å². The molecular formula is C15H30N2O2. The predicted molar refractivity (Wildman–Crippen MR) is 77.1 cm³/mol. The third-order valence-corrected chi connectivity index (χ3v) is 4.61. The van der Waals surface area contributed by atoms with Crippen LogP contribution in [0.4, 0.5) is 0 Å². The molecule has 0 aromatic heterocycles. The van der Waals surface area contributed by atoms with Crippen LogP contribution in [0, 0.1) is 5.92 Å². The Morgan fingerprint density at radius 2 is 1.95 bits per heavy atom. The predicted octanol–water partition coefficient (Wildman–Crippen LogP) is 0.924. The molecule has 0 aromatic rings. The highest BCUT2D eigenvalue weighted by molar-refractivity contribution is 4.88. The summed E-state index contributed by atoms with van der Waals surface area (Å²) >= 11 is 0. The second kappa shape index (κ2) is 7.02. The van der Waals surface area contributed by atoms with E-state index in [1.807, 2.05) is 0 Å². The van der Waals surface area contributed by atoms with Crippen LogP contribution in [-0.2, 0) is 0 Å². The molecule has 4 nitrogen and oxygen atoms in total. The van der Waals surface area contributed by atoms with Crippen LogP contribution in [0.5, 0.6) is 0 Å². The first kappa shape index (κ1) is 15.2. The van der Waals surface area contributed by atoms with Crippen LogP contribution >= 0.6 is 0 Å². The molecule has 0 bridgehead atoms. The fourth-order valence-corrected chi connectivity index (χ4v) is 3.77. The molecule has 1 heterocycles. The molecule has 1 aliphatic heterocycles. The number of likely N-dealkylation sites (N-methyl/N-ethyl adjacent to an activating group) is 1. The van der Waals surface area contributed by atoms with Crippen molar-refractivity contribution >= 4 is 0 Å². The molecule has 2 aliphatic rings. The van der Waals surface area contributed by atoms with E-state index in [-0.39, 0.29) is 12.2 Å². The maximum atomic E-state index is 10.3. The van der Waals surface area contributed by atoms with Gasteiger partial charge in [-0.05, 0) is 32.9 Å². The monoisotopic (exact) mass is 270 g/mol. The van der Waals surface area contributed by atoms with E-state index in [1.165, 1.54) is 25.7 Å². The Balaban J connectivity index is 1.78. The van der Waals surface area contributed by atoms with Crippen LogP contribution < -0.4 is 0 Å². The Hall–Kier alpha value is -0.160. The number of hydrogen-bond donors (Lipinski definition) is 2. The van der Waals surface area contributed by atoms with Gasteiger partial charge in [-0.2, -0.15) is 0 Å². The zero-order chi connectivity index (χ0) is 13.8. The highest BCUT2D eigenvalue weighted by Gasteiger charge is 2.32. The smallest absolute Gasteiger partial charge is 0.0682 e. The second-order valence-corrected chi connectivity index (χ2v) is 6.80. The lowest BCUT2D eigenvalue weighted by Crippen LogP contribution is -2.41. The molecule has 1 aliphatic carbocycles. The molecule has 1 saturated carbocycles. The van der Waals surface area contributed by atoms with Crippen molar-refractivity contribution in [2.75, 3.05) is 33.7 Å². The summed E-state index contributed by atoms with van der Waals surface area (Å²) in [6.07, 6.45) is 6.60. The zero-order valence-corrected chi connectivity index (χ0v) is 12.5. The molecule has 112 valence electrons. The Labute approximate surface area is 117 Å². The quantitative estimate of drug-likeness (QED) is 0.753. The summed E-state index contributed by atoms with van der Waals surface area (Å²) < 4.78 is 0. The Bertz CT molecular complexity index is 267. The molecule has 0 radical (unpaired) electrons. The minimum absolute atomic E-state index is 0.219. The number of β-amino-alcohol motifs (C(OH)–C–C–N with tert-alkyl or cyclic N) is 2. The molecule has 3 atom stereocenters. The molecule has 1 saturated heterocycles. The SMILES string of the molecule is CN(C)CC1CC(O)CN1CC(O)CC1CCCC1. The van der Waals surface area contributed by atoms with Crippen LogP contribution in [0.2, 0.25) is 0 Å². The van der Waals surface area contributed by atoms with Gasteiger partial charge < -0.3 is 15.1 Å². The Morgan fingerprint density at radius 1 is 1.26 bits per heavy atom. The van der Waals surface area contributed by atoms with Crippen LogP contribution in [-0.4, -0.2) is 72.0 Å². The fourth-order valence-electron chi connectivity index (χ4n) is 3.77. The second-order valence-electron chi connectivity index (χ2n) is 6.80. The summed E-state index contributed by atoms with van der Waals surface area (Å²) in [5.41, 5.74) is 0. The van der Waals surface area contributed by atoms with E-state index in [0.717, 1.165) is 38.4 Å². The topological polar surface area (TPSA) is 46.9 Å². The van der Waals surface area contributed by atoms with Crippen LogP contribution in [0.25, 0.3) is 0 Å². The normalized spacial score (nSPS) is 31.4. The van der Waals surface area contributed by atoms with Gasteiger partial charge in [-0.3, -0.25) is 4.90 Å². The van der Waals surface area contributed by atoms with Crippen LogP contribution in [0.3, 0.4) is 0 Å². The summed E-state index contributed by atoms with van der Waals surface area (Å²) in [7, 11) is 4.13. The number of hydrogen-bond acceptors (Lipinski definition) is 4. The fraction of sp³-hybridized carbons (Fsp3) is 1.00. The van der Waals surface area contributed by atoms with Crippen molar-refractivity contribution in [2.24, 2.45) is 5.92 Å². The van der Waals surface area contributed by atoms with Gasteiger partial charge in [0.1, 0.15) is 0 Å². The Kier molecular flexibility index (Phi) is 5.63. The number of likely N-dealkylation sites (tertiary alicyclic amines) is 1. The van der Waals surface area contributed by atoms with Gasteiger partial charge in [0.05, 0.1) is 12.2 Å². The van der Waals surface area contributed by atoms with E-state index in [1.54, 1.807) is 0 Å². The van der Waals surface area contributed by atoms with Crippen molar-refractivity contribution in [3.63, 3.8) is 0 Å². The molecule has 2 rings (SSSR count). The highest BCUT2D eigenvalue weighted by Crippen LogP contribution is 2.29. The van der Waals surface area contributed by atoms with Crippen molar-refractivity contribution in [3.05, 3.63) is 0 Å². The first-order valence-corrected chi connectivity index (χ1v) is 7.79. The molecule has 0 amide bonds. The summed E-state index contributed by atoms with van der Waals surface area (Å²) in [6.45, 7) is 2.42. The van der Waals surface area contributed by atoms with Crippen molar-refractivity contribution in [3.8, 4) is 0 Å². The zero-order valence-electron chi connectivity index (χ0n) is 12.5. The van der Waals surface area contributed by atoms with Gasteiger partial charge >= 0.3 is 0 Å². The number of aliphatic hydroxyl groups is 2. The molecule has 2 N–H and O–H groups in total. The molecule has 4 heteroatoms. The summed E-state index contributed by atoms with van der Waals surface area (Å²) in [4.78, 5) is 4.45. The van der Waals surface area contributed by atoms with E-state index in [2.05, 4.69) is 23.9 Å². The lowest BCUT2D eigenvalue weighted by Gasteiger charge is -2.29. The van der Waals surface area contributed by atoms with Gasteiger partial charge in [0.25, 0.3) is 0 Å². The van der Waals surface area contributed by atoms with Crippen LogP contribution in [0.1, 0.15) is 38.5 Å². The summed E-state index contributed by atoms with van der Waals surface area (Å²) in [6, 6.07) is 0.392. The van der Waals surface area contributed by atoms with E-state index < -0.39 is 0 Å². The Morgan fingerprint density at radius 3 is 2.58 bits per heavy atom. The average molecular weight is 270 g/mol. The minimum Gasteiger partial charge on any atom is -0.392 e. The average Bonchev–Trinajstić information content (AvgIpc) is 2.89. The maximum absolute atomic E-state index is 10.3. The largest absolute Gasteiger partial charge is 0.392 e. The van der Waals surface area contributed by atoms with Gasteiger partial charge in [-0.1, -0.05) is 25.7 Å². The molecule has 19 heavy (non-hydrogen) atoms. The number of nitrogens with zero attached hydrogens (tertiary/aromatic N) is 2. The molecule has 0 aromatic carbocycles. The van der Waals surface area contributed by atoms with E-state index in [4.69, 9.17) is 0 Å². The molecule has 0 spiro atoms. The van der Waals surface area contributed by atoms with Gasteiger partial charge in [-0.25, -0.2) is 0 Å². The summed E-state index contributed by atoms with van der Waals surface area (Å²) in [5.74, 6) is 0.731. The van der Waals surface area contributed by atoms with E-state index in [9.17, 15) is 10.2 Å². The number of aliphatic hydroxyl groups excluding tert-OH is 2. The third-order valence-electron chi connectivity index (χ3n) is 4.61. The maximum Gasteiger partial charge on any atom is 0.0682 e. The first-order chi connectivity index (χ1) is 9.04. The molecular weight excluding hydrogens is 240 g/mol. The van der Waals surface area contributed by atoms with Gasteiger partial charge in [-0.15, -0.1) is 0 Å². The first-order valence-electron chi connectivity index (χ1n) is 7.79. The van der Waals surface area contributed by atoms with Crippen molar-refractivity contribution in [1.29, 1.82) is 0 Å². The lowest BCUT2D eigenvalue weighted by atomic mass is 9.99. The van der Waals surface area contributed by atoms with Crippen molar-refractivity contribution < 1.29 is 10.2 Å². The lowest BCUT2D eigenvalue weighted by molar-refractivity contribution is 0.0757. The van der Waals surface area contributed by atoms with Crippen molar-refractivity contribution in [2.45, 2.75) is 56.8 Å². The highest BCUT2D eigenvalue weighted by atomic mass is 16.3. The molecule has 3 unspecified atom stereocenters. The number of rotatable bonds is 6. The third kappa shape index (κ3) is 4.71.